The second kappa shape index (κ2) is 13.9. The summed E-state index contributed by atoms with van der Waals surface area (Å²) in [4.78, 5) is 31.1. The van der Waals surface area contributed by atoms with E-state index >= 15 is 0 Å². The summed E-state index contributed by atoms with van der Waals surface area (Å²) in [5.41, 5.74) is 3.27. The zero-order chi connectivity index (χ0) is 30.5. The highest BCUT2D eigenvalue weighted by atomic mass is 32.1. The molecule has 1 aliphatic carbocycles. The normalized spacial score (nSPS) is 20.7. The van der Waals surface area contributed by atoms with Crippen LogP contribution in [0.5, 0.6) is 0 Å². The lowest BCUT2D eigenvalue weighted by Crippen LogP contribution is -2.38. The van der Waals surface area contributed by atoms with Crippen LogP contribution in [0.25, 0.3) is 10.4 Å². The van der Waals surface area contributed by atoms with Gasteiger partial charge in [-0.25, -0.2) is 14.5 Å². The summed E-state index contributed by atoms with van der Waals surface area (Å²) in [6.07, 6.45) is 8.21. The van der Waals surface area contributed by atoms with E-state index in [1.165, 1.54) is 0 Å². The number of ether oxygens (including phenoxy) is 2. The van der Waals surface area contributed by atoms with Gasteiger partial charge in [-0.3, -0.25) is 4.79 Å². The topological polar surface area (TPSA) is 119 Å². The molecule has 43 heavy (non-hydrogen) atoms. The maximum atomic E-state index is 13.4. The average molecular weight is 609 g/mol. The van der Waals surface area contributed by atoms with Crippen molar-refractivity contribution in [1.82, 2.24) is 25.4 Å². The number of benzene rings is 1. The Morgan fingerprint density at radius 1 is 1.07 bits per heavy atom. The second-order valence-corrected chi connectivity index (χ2v) is 13.2. The van der Waals surface area contributed by atoms with Gasteiger partial charge in [0.1, 0.15) is 0 Å². The molecule has 0 radical (unpaired) electrons. The van der Waals surface area contributed by atoms with Crippen molar-refractivity contribution in [3.05, 3.63) is 46.7 Å². The molecule has 0 spiro atoms. The minimum atomic E-state index is -0.346. The van der Waals surface area contributed by atoms with Gasteiger partial charge in [-0.2, -0.15) is 5.10 Å². The van der Waals surface area contributed by atoms with Crippen LogP contribution >= 0.6 is 11.3 Å². The highest BCUT2D eigenvalue weighted by Gasteiger charge is 2.27. The van der Waals surface area contributed by atoms with Crippen LogP contribution in [-0.2, 0) is 9.47 Å². The number of carbonyl (C=O) groups excluding carboxylic acids is 2. The fraction of sp³-hybridized carbons (Fsp3) is 0.562. The lowest BCUT2D eigenvalue weighted by atomic mass is 9.86. The Balaban J connectivity index is 1.31. The summed E-state index contributed by atoms with van der Waals surface area (Å²) in [5, 5.41) is 15.3. The molecule has 10 nitrogen and oxygen atoms in total. The predicted molar refractivity (Wildman–Crippen MR) is 169 cm³/mol. The third-order valence-electron chi connectivity index (χ3n) is 7.84. The fourth-order valence-electron chi connectivity index (χ4n) is 5.77. The van der Waals surface area contributed by atoms with Crippen molar-refractivity contribution in [3.8, 4) is 10.4 Å². The first-order chi connectivity index (χ1) is 20.7. The Bertz CT molecular complexity index is 1400. The van der Waals surface area contributed by atoms with Crippen LogP contribution < -0.4 is 16.0 Å². The number of anilines is 2. The summed E-state index contributed by atoms with van der Waals surface area (Å²) < 4.78 is 13.1. The molecule has 1 aromatic carbocycles. The van der Waals surface area contributed by atoms with E-state index in [-0.39, 0.29) is 36.4 Å². The van der Waals surface area contributed by atoms with Gasteiger partial charge in [0, 0.05) is 53.8 Å². The molecule has 3 heterocycles. The van der Waals surface area contributed by atoms with E-state index in [1.54, 1.807) is 11.3 Å². The first-order valence-corrected chi connectivity index (χ1v) is 16.3. The van der Waals surface area contributed by atoms with E-state index in [1.807, 2.05) is 69.8 Å². The summed E-state index contributed by atoms with van der Waals surface area (Å²) in [5.74, 6) is 0.927. The second-order valence-electron chi connectivity index (χ2n) is 12.2. The molecular weight excluding hydrogens is 564 g/mol. The smallest absolute Gasteiger partial charge is 0.407 e. The maximum Gasteiger partial charge on any atom is 0.407 e. The van der Waals surface area contributed by atoms with Crippen LogP contribution in [0.4, 0.5) is 16.3 Å². The fourth-order valence-corrected chi connectivity index (χ4v) is 6.90. The molecule has 2 aromatic heterocycles. The zero-order valence-corrected chi connectivity index (χ0v) is 26.6. The molecular formula is C32H44N6O4S. The lowest BCUT2D eigenvalue weighted by Gasteiger charge is -2.28. The zero-order valence-electron chi connectivity index (χ0n) is 25.8. The minimum Gasteiger partial charge on any atom is -0.447 e. The molecule has 1 aliphatic heterocycles. The van der Waals surface area contributed by atoms with Crippen molar-refractivity contribution in [1.29, 1.82) is 0 Å². The van der Waals surface area contributed by atoms with Crippen LogP contribution in [0.3, 0.4) is 0 Å². The van der Waals surface area contributed by atoms with Gasteiger partial charge in [-0.15, -0.1) is 11.3 Å². The van der Waals surface area contributed by atoms with Gasteiger partial charge in [0.2, 0.25) is 0 Å². The molecule has 1 saturated carbocycles. The molecule has 0 bridgehead atoms. The summed E-state index contributed by atoms with van der Waals surface area (Å²) in [6.45, 7) is 10.4. The van der Waals surface area contributed by atoms with Gasteiger partial charge in [0.25, 0.3) is 5.91 Å². The number of nitrogens with one attached hydrogen (secondary N) is 3. The number of carbonyl (C=O) groups is 2. The van der Waals surface area contributed by atoms with Crippen molar-refractivity contribution in [3.63, 3.8) is 0 Å². The predicted octanol–water partition coefficient (Wildman–Crippen LogP) is 7.06. The average Bonchev–Trinajstić information content (AvgIpc) is 3.60. The van der Waals surface area contributed by atoms with Crippen molar-refractivity contribution in [2.45, 2.75) is 110 Å². The van der Waals surface area contributed by atoms with Crippen molar-refractivity contribution < 1.29 is 19.1 Å². The number of hydrogen-bond donors (Lipinski definition) is 3. The first-order valence-electron chi connectivity index (χ1n) is 15.5. The molecule has 11 heteroatoms. The molecule has 5 rings (SSSR count). The highest BCUT2D eigenvalue weighted by Crippen LogP contribution is 2.39. The number of alkyl carbamates (subject to hydrolysis) is 1. The van der Waals surface area contributed by atoms with E-state index in [4.69, 9.17) is 19.6 Å². The van der Waals surface area contributed by atoms with Gasteiger partial charge in [-0.1, -0.05) is 6.07 Å². The van der Waals surface area contributed by atoms with Crippen molar-refractivity contribution in [2.24, 2.45) is 0 Å². The molecule has 232 valence electrons. The number of hydrogen-bond acceptors (Lipinski definition) is 8. The van der Waals surface area contributed by atoms with Crippen LogP contribution in [0.15, 0.2) is 30.5 Å². The largest absolute Gasteiger partial charge is 0.447 e. The van der Waals surface area contributed by atoms with Gasteiger partial charge in [0.05, 0.1) is 21.6 Å². The van der Waals surface area contributed by atoms with Gasteiger partial charge in [-0.05, 0) is 91.7 Å². The van der Waals surface area contributed by atoms with Crippen LogP contribution in [-0.4, -0.2) is 51.6 Å². The summed E-state index contributed by atoms with van der Waals surface area (Å²) in [7, 11) is 0. The molecule has 2 aliphatic rings. The van der Waals surface area contributed by atoms with E-state index in [9.17, 15) is 9.59 Å². The molecule has 3 aromatic rings. The van der Waals surface area contributed by atoms with E-state index in [0.717, 1.165) is 84.2 Å². The molecule has 2 amide bonds. The molecule has 1 atom stereocenters. The lowest BCUT2D eigenvalue weighted by molar-refractivity contribution is -0.0404. The summed E-state index contributed by atoms with van der Waals surface area (Å²) in [6, 6.07) is 8.00. The van der Waals surface area contributed by atoms with Gasteiger partial charge in [0.15, 0.2) is 12.0 Å². The van der Waals surface area contributed by atoms with E-state index in [0.29, 0.717) is 11.5 Å². The number of aromatic nitrogens is 3. The van der Waals surface area contributed by atoms with E-state index in [2.05, 4.69) is 16.0 Å². The number of rotatable bonds is 9. The molecule has 1 unspecified atom stereocenters. The number of amides is 2. The SMILES string of the molecule is Cc1cc(Nc2ccc(-c3cnc(C4CCC(NC(=O)OC(C)C)CC4)s3)c(C(=O)NC(C)C)c2)nn1C1CCCCO1. The Morgan fingerprint density at radius 3 is 2.56 bits per heavy atom. The Kier molecular flexibility index (Phi) is 10.0. The minimum absolute atomic E-state index is 0.00411. The van der Waals surface area contributed by atoms with E-state index < -0.39 is 0 Å². The van der Waals surface area contributed by atoms with Gasteiger partial charge >= 0.3 is 6.09 Å². The molecule has 2 fully saturated rings. The Morgan fingerprint density at radius 2 is 1.86 bits per heavy atom. The maximum absolute atomic E-state index is 13.4. The standard InChI is InChI=1S/C32H44N6O4S/c1-19(2)34-30(39)26-17-24(35-28-16-21(5)38(37-28)29-8-6-7-15-41-29)13-14-25(26)27-18-33-31(43-27)22-9-11-23(12-10-22)36-32(40)42-20(3)4/h13-14,16-20,22-23,29H,6-12,15H2,1-5H3,(H,34,39)(H,35,37)(H,36,40). The van der Waals surface area contributed by atoms with Crippen LogP contribution in [0, 0.1) is 6.92 Å². The first kappa shape index (κ1) is 31.0. The van der Waals surface area contributed by atoms with Crippen molar-refractivity contribution in [2.75, 3.05) is 11.9 Å². The Labute approximate surface area is 257 Å². The van der Waals surface area contributed by atoms with Crippen LogP contribution in [0.1, 0.15) is 106 Å². The third-order valence-corrected chi connectivity index (χ3v) is 9.03. The number of thiazole rings is 1. The molecule has 1 saturated heterocycles. The quantitative estimate of drug-likeness (QED) is 0.238. The Hall–Kier alpha value is -3.44. The number of aryl methyl sites for hydroxylation is 1. The van der Waals surface area contributed by atoms with Gasteiger partial charge < -0.3 is 25.4 Å². The van der Waals surface area contributed by atoms with Crippen LogP contribution in [0.2, 0.25) is 0 Å². The molecule has 3 N–H and O–H groups in total. The highest BCUT2D eigenvalue weighted by molar-refractivity contribution is 7.15. The summed E-state index contributed by atoms with van der Waals surface area (Å²) >= 11 is 1.64. The van der Waals surface area contributed by atoms with Crippen molar-refractivity contribution >= 4 is 34.8 Å². The third kappa shape index (κ3) is 7.94. The number of nitrogens with zero attached hydrogens (tertiary/aromatic N) is 3. The monoisotopic (exact) mass is 608 g/mol.